The number of nitrogens with zero attached hydrogens (tertiary/aromatic N) is 2. The summed E-state index contributed by atoms with van der Waals surface area (Å²) in [6.45, 7) is 0.221. The topological polar surface area (TPSA) is 56.2 Å². The zero-order valence-electron chi connectivity index (χ0n) is 12.9. The van der Waals surface area contributed by atoms with Crippen molar-refractivity contribution in [3.05, 3.63) is 35.9 Å². The van der Waals surface area contributed by atoms with Gasteiger partial charge in [0.2, 0.25) is 0 Å². The van der Waals surface area contributed by atoms with Gasteiger partial charge in [-0.1, -0.05) is 30.3 Å². The molecule has 0 aromatic heterocycles. The molecule has 19 heavy (non-hydrogen) atoms. The second-order valence-electron chi connectivity index (χ2n) is 4.81. The summed E-state index contributed by atoms with van der Waals surface area (Å²) in [4.78, 5) is 4.00. The van der Waals surface area contributed by atoms with Gasteiger partial charge in [0.15, 0.2) is 0 Å². The van der Waals surface area contributed by atoms with Crippen LogP contribution in [0.2, 0.25) is 0 Å². The van der Waals surface area contributed by atoms with E-state index < -0.39 is 7.32 Å². The Morgan fingerprint density at radius 3 is 1.58 bits per heavy atom. The number of hydrogen-bond acceptors (Lipinski definition) is 5. The molecule has 0 fully saturated rings. The van der Waals surface area contributed by atoms with E-state index in [9.17, 15) is 0 Å². The SMILES string of the molecule is CN(C)C.CN(C)C.OB(O)OCc1ccccc1. The molecule has 0 amide bonds. The molecule has 110 valence electrons. The summed E-state index contributed by atoms with van der Waals surface area (Å²) in [6.07, 6.45) is 0. The van der Waals surface area contributed by atoms with E-state index in [1.165, 1.54) is 0 Å². The van der Waals surface area contributed by atoms with Crippen LogP contribution in [0.1, 0.15) is 5.56 Å². The van der Waals surface area contributed by atoms with E-state index in [-0.39, 0.29) is 6.61 Å². The van der Waals surface area contributed by atoms with E-state index in [1.807, 2.05) is 82.4 Å². The van der Waals surface area contributed by atoms with Crippen molar-refractivity contribution in [1.82, 2.24) is 9.80 Å². The second kappa shape index (κ2) is 13.5. The molecule has 1 rings (SSSR count). The van der Waals surface area contributed by atoms with Crippen LogP contribution in [0.15, 0.2) is 30.3 Å². The van der Waals surface area contributed by atoms with Crippen molar-refractivity contribution in [2.45, 2.75) is 6.61 Å². The maximum Gasteiger partial charge on any atom is 0.634 e. The third-order valence-electron chi connectivity index (χ3n) is 1.24. The minimum atomic E-state index is -1.68. The molecule has 0 radical (unpaired) electrons. The highest BCUT2D eigenvalue weighted by Crippen LogP contribution is 1.99. The minimum Gasteiger partial charge on any atom is -0.402 e. The molecule has 0 saturated heterocycles. The number of rotatable bonds is 3. The van der Waals surface area contributed by atoms with E-state index in [0.717, 1.165) is 5.56 Å². The number of benzene rings is 1. The fourth-order valence-corrected chi connectivity index (χ4v) is 0.745. The maximum atomic E-state index is 8.35. The van der Waals surface area contributed by atoms with Gasteiger partial charge < -0.3 is 24.5 Å². The second-order valence-corrected chi connectivity index (χ2v) is 4.81. The Hall–Kier alpha value is -0.915. The third kappa shape index (κ3) is 26.6. The van der Waals surface area contributed by atoms with E-state index in [1.54, 1.807) is 0 Å². The highest BCUT2D eigenvalue weighted by molar-refractivity contribution is 6.32. The van der Waals surface area contributed by atoms with Crippen LogP contribution >= 0.6 is 0 Å². The third-order valence-corrected chi connectivity index (χ3v) is 1.24. The van der Waals surface area contributed by atoms with Crippen LogP contribution in [-0.4, -0.2) is 69.5 Å². The fraction of sp³-hybridized carbons (Fsp3) is 0.538. The molecule has 0 heterocycles. The molecule has 0 spiro atoms. The Morgan fingerprint density at radius 2 is 1.26 bits per heavy atom. The average Bonchev–Trinajstić information content (AvgIpc) is 2.26. The number of hydrogen-bond donors (Lipinski definition) is 2. The molecule has 0 aliphatic heterocycles. The Bertz CT molecular complexity index is 271. The van der Waals surface area contributed by atoms with Gasteiger partial charge in [-0.25, -0.2) is 0 Å². The standard InChI is InChI=1S/C7H9BO3.2C3H9N/c9-8(10)11-6-7-4-2-1-3-5-7;2*1-4(2)3/h1-5,9-10H,6H2;2*1-3H3. The monoisotopic (exact) mass is 270 g/mol. The summed E-state index contributed by atoms with van der Waals surface area (Å²) < 4.78 is 4.54. The lowest BCUT2D eigenvalue weighted by Gasteiger charge is -2.00. The van der Waals surface area contributed by atoms with Gasteiger partial charge in [-0.05, 0) is 47.8 Å². The smallest absolute Gasteiger partial charge is 0.402 e. The lowest BCUT2D eigenvalue weighted by Crippen LogP contribution is -2.16. The van der Waals surface area contributed by atoms with Crippen LogP contribution in [0.25, 0.3) is 0 Å². The highest BCUT2D eigenvalue weighted by Gasteiger charge is 2.07. The summed E-state index contributed by atoms with van der Waals surface area (Å²) in [7, 11) is 10.3. The van der Waals surface area contributed by atoms with Crippen LogP contribution in [0.3, 0.4) is 0 Å². The van der Waals surface area contributed by atoms with E-state index in [4.69, 9.17) is 10.0 Å². The molecule has 0 bridgehead atoms. The first-order valence-corrected chi connectivity index (χ1v) is 5.99. The van der Waals surface area contributed by atoms with E-state index in [0.29, 0.717) is 0 Å². The molecule has 0 aliphatic carbocycles. The van der Waals surface area contributed by atoms with Crippen molar-refractivity contribution in [3.63, 3.8) is 0 Å². The Morgan fingerprint density at radius 1 is 0.895 bits per heavy atom. The first kappa shape index (κ1) is 20.4. The van der Waals surface area contributed by atoms with Gasteiger partial charge in [0, 0.05) is 0 Å². The van der Waals surface area contributed by atoms with Crippen LogP contribution in [-0.2, 0) is 11.3 Å². The normalized spacial score (nSPS) is 9.37. The van der Waals surface area contributed by atoms with Crippen molar-refractivity contribution in [3.8, 4) is 0 Å². The Kier molecular flexibility index (Phi) is 14.5. The van der Waals surface area contributed by atoms with Gasteiger partial charge in [-0.15, -0.1) is 0 Å². The summed E-state index contributed by atoms with van der Waals surface area (Å²) in [5.74, 6) is 0. The van der Waals surface area contributed by atoms with Crippen LogP contribution in [0.5, 0.6) is 0 Å². The van der Waals surface area contributed by atoms with Crippen molar-refractivity contribution >= 4 is 7.32 Å². The maximum absolute atomic E-state index is 8.35. The van der Waals surface area contributed by atoms with Crippen molar-refractivity contribution < 1.29 is 14.7 Å². The van der Waals surface area contributed by atoms with Gasteiger partial charge in [0.25, 0.3) is 0 Å². The quantitative estimate of drug-likeness (QED) is 0.785. The zero-order chi connectivity index (χ0) is 15.3. The zero-order valence-corrected chi connectivity index (χ0v) is 12.9. The van der Waals surface area contributed by atoms with Crippen molar-refractivity contribution in [2.75, 3.05) is 42.3 Å². The Labute approximate surface area is 117 Å². The molecule has 0 saturated carbocycles. The van der Waals surface area contributed by atoms with E-state index in [2.05, 4.69) is 4.65 Å². The van der Waals surface area contributed by atoms with Crippen LogP contribution < -0.4 is 0 Å². The van der Waals surface area contributed by atoms with Crippen LogP contribution in [0.4, 0.5) is 0 Å². The van der Waals surface area contributed by atoms with E-state index >= 15 is 0 Å². The van der Waals surface area contributed by atoms with Gasteiger partial charge in [-0.2, -0.15) is 0 Å². The van der Waals surface area contributed by atoms with Gasteiger partial charge in [0.1, 0.15) is 0 Å². The average molecular weight is 270 g/mol. The molecular weight excluding hydrogens is 243 g/mol. The Balaban J connectivity index is 0. The summed E-state index contributed by atoms with van der Waals surface area (Å²) in [5, 5.41) is 16.7. The lowest BCUT2D eigenvalue weighted by molar-refractivity contribution is 0.177. The van der Waals surface area contributed by atoms with Crippen molar-refractivity contribution in [2.24, 2.45) is 0 Å². The molecule has 0 unspecified atom stereocenters. The molecule has 1 aromatic carbocycles. The largest absolute Gasteiger partial charge is 0.634 e. The summed E-state index contributed by atoms with van der Waals surface area (Å²) in [5.41, 5.74) is 0.917. The summed E-state index contributed by atoms with van der Waals surface area (Å²) >= 11 is 0. The molecule has 6 heteroatoms. The lowest BCUT2D eigenvalue weighted by atomic mass is 10.2. The van der Waals surface area contributed by atoms with Crippen molar-refractivity contribution in [1.29, 1.82) is 0 Å². The highest BCUT2D eigenvalue weighted by atomic mass is 16.6. The van der Waals surface area contributed by atoms with Gasteiger partial charge in [0.05, 0.1) is 6.61 Å². The molecule has 0 aliphatic rings. The molecular formula is C13H27BN2O3. The first-order chi connectivity index (χ1) is 8.75. The fourth-order valence-electron chi connectivity index (χ4n) is 0.745. The predicted molar refractivity (Wildman–Crippen MR) is 80.6 cm³/mol. The van der Waals surface area contributed by atoms with Gasteiger partial charge >= 0.3 is 7.32 Å². The minimum absolute atomic E-state index is 0.221. The first-order valence-electron chi connectivity index (χ1n) is 5.99. The summed E-state index contributed by atoms with van der Waals surface area (Å²) in [6, 6.07) is 9.31. The molecule has 1 aromatic rings. The predicted octanol–water partition coefficient (Wildman–Crippen LogP) is 0.528. The molecule has 2 N–H and O–H groups in total. The van der Waals surface area contributed by atoms with Gasteiger partial charge in [-0.3, -0.25) is 0 Å². The molecule has 0 atom stereocenters. The van der Waals surface area contributed by atoms with Crippen LogP contribution in [0, 0.1) is 0 Å². The molecule has 5 nitrogen and oxygen atoms in total.